The molecule has 0 radical (unpaired) electrons. The Labute approximate surface area is 158 Å². The van der Waals surface area contributed by atoms with Gasteiger partial charge in [-0.1, -0.05) is 38.7 Å². The van der Waals surface area contributed by atoms with Crippen molar-refractivity contribution < 1.29 is 0 Å². The number of hydrogen-bond acceptors (Lipinski definition) is 6. The molecule has 1 fully saturated rings. The Morgan fingerprint density at radius 1 is 1.42 bits per heavy atom. The zero-order valence-electron chi connectivity index (χ0n) is 16.6. The molecule has 0 bridgehead atoms. The van der Waals surface area contributed by atoms with E-state index in [0.29, 0.717) is 28.8 Å². The standard InChI is InChI=1S/C15H22N6.C3H6.C2H6/c1-3-5-10(2)13(16)12-14(17)20-9-21-15(12)19-8-11-6-4-7-18-11;1-3-2;1-2/h3,5,9,11,16,18H,2,4,6-8H2,1H3,(H3,17,19,20,21);3H,1H2,2H3;1-2H3/b5-3-,16-13?;;. The predicted octanol–water partition coefficient (Wildman–Crippen LogP) is 3.94. The van der Waals surface area contributed by atoms with Gasteiger partial charge in [0.1, 0.15) is 18.0 Å². The van der Waals surface area contributed by atoms with Crippen LogP contribution >= 0.6 is 0 Å². The van der Waals surface area contributed by atoms with Gasteiger partial charge in [-0.2, -0.15) is 0 Å². The smallest absolute Gasteiger partial charge is 0.141 e. The van der Waals surface area contributed by atoms with Crippen LogP contribution in [0.5, 0.6) is 0 Å². The lowest BCUT2D eigenvalue weighted by Crippen LogP contribution is -2.30. The molecule has 1 unspecified atom stereocenters. The van der Waals surface area contributed by atoms with E-state index in [1.165, 1.54) is 12.7 Å². The van der Waals surface area contributed by atoms with E-state index in [1.54, 1.807) is 12.2 Å². The van der Waals surface area contributed by atoms with Crippen LogP contribution in [0.25, 0.3) is 0 Å². The third-order valence-corrected chi connectivity index (χ3v) is 3.49. The van der Waals surface area contributed by atoms with Gasteiger partial charge in [0.25, 0.3) is 0 Å². The second-order valence-corrected chi connectivity index (χ2v) is 5.47. The molecule has 1 aliphatic heterocycles. The number of rotatable bonds is 6. The van der Waals surface area contributed by atoms with Gasteiger partial charge in [0.05, 0.1) is 11.3 Å². The molecule has 0 aromatic carbocycles. The second-order valence-electron chi connectivity index (χ2n) is 5.47. The largest absolute Gasteiger partial charge is 0.383 e. The second kappa shape index (κ2) is 13.8. The highest BCUT2D eigenvalue weighted by Gasteiger charge is 2.18. The normalized spacial score (nSPS) is 15.3. The van der Waals surface area contributed by atoms with Crippen LogP contribution in [0, 0.1) is 5.41 Å². The highest BCUT2D eigenvalue weighted by molar-refractivity contribution is 6.17. The molecule has 6 nitrogen and oxygen atoms in total. The minimum absolute atomic E-state index is 0.244. The molecule has 1 saturated heterocycles. The number of nitrogen functional groups attached to an aromatic ring is 1. The van der Waals surface area contributed by atoms with Crippen molar-refractivity contribution in [3.8, 4) is 0 Å². The molecule has 0 saturated carbocycles. The van der Waals surface area contributed by atoms with Crippen molar-refractivity contribution in [2.75, 3.05) is 24.1 Å². The third kappa shape index (κ3) is 7.61. The van der Waals surface area contributed by atoms with Crippen molar-refractivity contribution in [3.63, 3.8) is 0 Å². The fraction of sp³-hybridized carbons (Fsp3) is 0.450. The zero-order valence-corrected chi connectivity index (χ0v) is 16.6. The first-order valence-corrected chi connectivity index (χ1v) is 9.10. The van der Waals surface area contributed by atoms with E-state index in [0.717, 1.165) is 19.5 Å². The summed E-state index contributed by atoms with van der Waals surface area (Å²) in [7, 11) is 0. The molecular weight excluding hydrogens is 324 g/mol. The molecule has 2 heterocycles. The van der Waals surface area contributed by atoms with E-state index >= 15 is 0 Å². The number of nitrogens with zero attached hydrogens (tertiary/aromatic N) is 2. The first kappa shape index (κ1) is 23.5. The van der Waals surface area contributed by atoms with Crippen molar-refractivity contribution >= 4 is 17.3 Å². The van der Waals surface area contributed by atoms with Gasteiger partial charge in [0.15, 0.2) is 0 Å². The minimum atomic E-state index is 0.244. The molecule has 2 rings (SSSR count). The van der Waals surface area contributed by atoms with Crippen LogP contribution in [0.1, 0.15) is 46.1 Å². The maximum atomic E-state index is 8.24. The molecule has 1 aliphatic rings. The molecule has 0 aliphatic carbocycles. The maximum Gasteiger partial charge on any atom is 0.141 e. The van der Waals surface area contributed by atoms with Crippen LogP contribution < -0.4 is 16.4 Å². The van der Waals surface area contributed by atoms with Crippen molar-refractivity contribution in [1.82, 2.24) is 15.3 Å². The van der Waals surface area contributed by atoms with Crippen LogP contribution in [-0.2, 0) is 0 Å². The Morgan fingerprint density at radius 3 is 2.62 bits per heavy atom. The van der Waals surface area contributed by atoms with Crippen molar-refractivity contribution in [3.05, 3.63) is 48.8 Å². The Kier molecular flexibility index (Phi) is 12.5. The van der Waals surface area contributed by atoms with Crippen LogP contribution in [-0.4, -0.2) is 34.8 Å². The quantitative estimate of drug-likeness (QED) is 0.351. The number of aromatic nitrogens is 2. The molecule has 5 N–H and O–H groups in total. The summed E-state index contributed by atoms with van der Waals surface area (Å²) in [4.78, 5) is 8.22. The summed E-state index contributed by atoms with van der Waals surface area (Å²) in [6, 6.07) is 0.432. The Hall–Kier alpha value is -2.47. The molecular formula is C20H34N6. The molecule has 144 valence electrons. The van der Waals surface area contributed by atoms with Gasteiger partial charge in [0, 0.05) is 12.6 Å². The lowest BCUT2D eigenvalue weighted by molar-refractivity contribution is 0.632. The van der Waals surface area contributed by atoms with Gasteiger partial charge in [-0.05, 0) is 38.8 Å². The average Bonchev–Trinajstić information content (AvgIpc) is 3.15. The van der Waals surface area contributed by atoms with Gasteiger partial charge in [-0.15, -0.1) is 6.58 Å². The van der Waals surface area contributed by atoms with Crippen LogP contribution in [0.15, 0.2) is 43.3 Å². The lowest BCUT2D eigenvalue weighted by Gasteiger charge is -2.16. The Morgan fingerprint density at radius 2 is 2.08 bits per heavy atom. The van der Waals surface area contributed by atoms with Crippen LogP contribution in [0.4, 0.5) is 11.6 Å². The summed E-state index contributed by atoms with van der Waals surface area (Å²) in [5.41, 5.74) is 7.27. The number of anilines is 2. The van der Waals surface area contributed by atoms with E-state index in [-0.39, 0.29) is 5.71 Å². The zero-order chi connectivity index (χ0) is 19.9. The topological polar surface area (TPSA) is 99.7 Å². The fourth-order valence-corrected chi connectivity index (χ4v) is 2.38. The monoisotopic (exact) mass is 358 g/mol. The molecule has 0 amide bonds. The summed E-state index contributed by atoms with van der Waals surface area (Å²) in [6.07, 6.45) is 9.11. The Balaban J connectivity index is 0.00000113. The van der Waals surface area contributed by atoms with E-state index < -0.39 is 0 Å². The van der Waals surface area contributed by atoms with E-state index in [1.807, 2.05) is 33.8 Å². The van der Waals surface area contributed by atoms with Crippen LogP contribution in [0.3, 0.4) is 0 Å². The van der Waals surface area contributed by atoms with Gasteiger partial charge < -0.3 is 16.4 Å². The van der Waals surface area contributed by atoms with Gasteiger partial charge in [0.2, 0.25) is 0 Å². The third-order valence-electron chi connectivity index (χ3n) is 3.49. The minimum Gasteiger partial charge on any atom is -0.383 e. The molecule has 1 atom stereocenters. The molecule has 1 aromatic heterocycles. The number of hydrogen-bond donors (Lipinski definition) is 4. The Bertz CT molecular complexity index is 600. The molecule has 6 heteroatoms. The van der Waals surface area contributed by atoms with Crippen LogP contribution in [0.2, 0.25) is 0 Å². The highest BCUT2D eigenvalue weighted by Crippen LogP contribution is 2.21. The summed E-state index contributed by atoms with van der Waals surface area (Å²) in [5.74, 6) is 0.884. The SMILES string of the molecule is C=C(/C=C\C)C(=N)c1c(N)ncnc1NCC1CCCN1.C=CC.CC. The molecule has 26 heavy (non-hydrogen) atoms. The first-order chi connectivity index (χ1) is 12.5. The number of nitrogens with one attached hydrogen (secondary N) is 3. The first-order valence-electron chi connectivity index (χ1n) is 9.10. The summed E-state index contributed by atoms with van der Waals surface area (Å²) >= 11 is 0. The van der Waals surface area contributed by atoms with Crippen molar-refractivity contribution in [2.24, 2.45) is 0 Å². The van der Waals surface area contributed by atoms with Gasteiger partial charge in [-0.3, -0.25) is 5.41 Å². The van der Waals surface area contributed by atoms with Gasteiger partial charge in [-0.25, -0.2) is 9.97 Å². The van der Waals surface area contributed by atoms with Gasteiger partial charge >= 0.3 is 0 Å². The number of nitrogens with two attached hydrogens (primary N) is 1. The van der Waals surface area contributed by atoms with Crippen molar-refractivity contribution in [2.45, 2.75) is 46.6 Å². The number of allylic oxidation sites excluding steroid dienone is 4. The summed E-state index contributed by atoms with van der Waals surface area (Å²) in [5, 5.41) is 14.9. The fourth-order valence-electron chi connectivity index (χ4n) is 2.38. The van der Waals surface area contributed by atoms with E-state index in [9.17, 15) is 0 Å². The lowest BCUT2D eigenvalue weighted by atomic mass is 10.0. The molecule has 0 spiro atoms. The highest BCUT2D eigenvalue weighted by atomic mass is 15.1. The summed E-state index contributed by atoms with van der Waals surface area (Å²) in [6.45, 7) is 16.8. The van der Waals surface area contributed by atoms with E-state index in [2.05, 4.69) is 33.8 Å². The van der Waals surface area contributed by atoms with Crippen molar-refractivity contribution in [1.29, 1.82) is 5.41 Å². The van der Waals surface area contributed by atoms with E-state index in [4.69, 9.17) is 11.1 Å². The molecule has 1 aromatic rings. The predicted molar refractivity (Wildman–Crippen MR) is 114 cm³/mol. The average molecular weight is 359 g/mol. The maximum absolute atomic E-state index is 8.24. The summed E-state index contributed by atoms with van der Waals surface area (Å²) < 4.78 is 0.